The molecular formula is C15H16FN3O2. The van der Waals surface area contributed by atoms with E-state index in [-0.39, 0.29) is 17.5 Å². The SMILES string of the molecule is CCC(NCc1cccc([N+](=O)[O-])c1)c1ccc(F)cn1. The van der Waals surface area contributed by atoms with Crippen LogP contribution in [-0.4, -0.2) is 9.91 Å². The van der Waals surface area contributed by atoms with Crippen molar-refractivity contribution in [2.45, 2.75) is 25.9 Å². The number of halogens is 1. The Bertz CT molecular complexity index is 617. The van der Waals surface area contributed by atoms with E-state index < -0.39 is 4.92 Å². The van der Waals surface area contributed by atoms with Crippen LogP contribution < -0.4 is 5.32 Å². The van der Waals surface area contributed by atoms with E-state index in [1.54, 1.807) is 12.1 Å². The molecular weight excluding hydrogens is 273 g/mol. The summed E-state index contributed by atoms with van der Waals surface area (Å²) in [6, 6.07) is 9.48. The lowest BCUT2D eigenvalue weighted by Gasteiger charge is -2.16. The minimum Gasteiger partial charge on any atom is -0.305 e. The maximum Gasteiger partial charge on any atom is 0.269 e. The fourth-order valence-electron chi connectivity index (χ4n) is 2.07. The van der Waals surface area contributed by atoms with Crippen molar-refractivity contribution < 1.29 is 9.31 Å². The molecule has 6 heteroatoms. The van der Waals surface area contributed by atoms with Gasteiger partial charge in [0.1, 0.15) is 5.82 Å². The second kappa shape index (κ2) is 6.90. The molecule has 1 atom stereocenters. The van der Waals surface area contributed by atoms with Gasteiger partial charge in [0.25, 0.3) is 5.69 Å². The normalized spacial score (nSPS) is 12.1. The van der Waals surface area contributed by atoms with Gasteiger partial charge in [-0.05, 0) is 24.1 Å². The second-order valence-corrected chi connectivity index (χ2v) is 4.67. The molecule has 1 aromatic heterocycles. The number of hydrogen-bond acceptors (Lipinski definition) is 4. The number of nitro benzene ring substituents is 1. The average molecular weight is 289 g/mol. The predicted molar refractivity (Wildman–Crippen MR) is 77.2 cm³/mol. The van der Waals surface area contributed by atoms with Crippen LogP contribution in [0.15, 0.2) is 42.6 Å². The van der Waals surface area contributed by atoms with E-state index in [1.165, 1.54) is 24.4 Å². The van der Waals surface area contributed by atoms with Crippen LogP contribution in [0.25, 0.3) is 0 Å². The molecule has 0 amide bonds. The standard InChI is InChI=1S/C15H16FN3O2/c1-2-14(15-7-6-12(16)10-18-15)17-9-11-4-3-5-13(8-11)19(20)21/h3-8,10,14,17H,2,9H2,1H3. The van der Waals surface area contributed by atoms with Crippen LogP contribution >= 0.6 is 0 Å². The van der Waals surface area contributed by atoms with E-state index >= 15 is 0 Å². The zero-order chi connectivity index (χ0) is 15.2. The van der Waals surface area contributed by atoms with Crippen molar-refractivity contribution in [2.24, 2.45) is 0 Å². The van der Waals surface area contributed by atoms with E-state index in [9.17, 15) is 14.5 Å². The van der Waals surface area contributed by atoms with Crippen LogP contribution in [0, 0.1) is 15.9 Å². The summed E-state index contributed by atoms with van der Waals surface area (Å²) in [6.07, 6.45) is 1.97. The Hall–Kier alpha value is -2.34. The van der Waals surface area contributed by atoms with Gasteiger partial charge in [0.15, 0.2) is 0 Å². The van der Waals surface area contributed by atoms with Crippen molar-refractivity contribution in [1.29, 1.82) is 0 Å². The van der Waals surface area contributed by atoms with Crippen molar-refractivity contribution in [3.63, 3.8) is 0 Å². The third kappa shape index (κ3) is 4.06. The molecule has 1 heterocycles. The topological polar surface area (TPSA) is 68.1 Å². The summed E-state index contributed by atoms with van der Waals surface area (Å²) in [7, 11) is 0. The first kappa shape index (κ1) is 15.1. The monoisotopic (exact) mass is 289 g/mol. The highest BCUT2D eigenvalue weighted by molar-refractivity contribution is 5.34. The number of benzene rings is 1. The Morgan fingerprint density at radius 3 is 2.81 bits per heavy atom. The van der Waals surface area contributed by atoms with Crippen LogP contribution in [0.2, 0.25) is 0 Å². The minimum absolute atomic E-state index is 0.0233. The summed E-state index contributed by atoms with van der Waals surface area (Å²) < 4.78 is 12.9. The molecule has 0 bridgehead atoms. The van der Waals surface area contributed by atoms with Gasteiger partial charge in [-0.15, -0.1) is 0 Å². The quantitative estimate of drug-likeness (QED) is 0.654. The van der Waals surface area contributed by atoms with E-state index in [2.05, 4.69) is 10.3 Å². The average Bonchev–Trinajstić information content (AvgIpc) is 2.50. The molecule has 1 aromatic carbocycles. The zero-order valence-electron chi connectivity index (χ0n) is 11.6. The van der Waals surface area contributed by atoms with Gasteiger partial charge in [0, 0.05) is 24.7 Å². The summed E-state index contributed by atoms with van der Waals surface area (Å²) >= 11 is 0. The molecule has 0 radical (unpaired) electrons. The summed E-state index contributed by atoms with van der Waals surface area (Å²) in [6.45, 7) is 2.48. The highest BCUT2D eigenvalue weighted by Crippen LogP contribution is 2.17. The Kier molecular flexibility index (Phi) is 4.94. The number of pyridine rings is 1. The number of non-ortho nitro benzene ring substituents is 1. The van der Waals surface area contributed by atoms with E-state index in [0.717, 1.165) is 17.7 Å². The second-order valence-electron chi connectivity index (χ2n) is 4.67. The Labute approximate surface area is 122 Å². The maximum atomic E-state index is 12.9. The summed E-state index contributed by atoms with van der Waals surface area (Å²) in [5.74, 6) is -0.368. The van der Waals surface area contributed by atoms with Crippen LogP contribution in [0.5, 0.6) is 0 Å². The van der Waals surface area contributed by atoms with Crippen LogP contribution in [0.1, 0.15) is 30.6 Å². The first-order valence-corrected chi connectivity index (χ1v) is 6.68. The van der Waals surface area contributed by atoms with Gasteiger partial charge < -0.3 is 5.32 Å². The first-order chi connectivity index (χ1) is 10.1. The largest absolute Gasteiger partial charge is 0.305 e. The number of nitro groups is 1. The molecule has 0 saturated heterocycles. The lowest BCUT2D eigenvalue weighted by Crippen LogP contribution is -2.21. The van der Waals surface area contributed by atoms with Crippen molar-refractivity contribution in [2.75, 3.05) is 0 Å². The molecule has 0 aliphatic rings. The van der Waals surface area contributed by atoms with Gasteiger partial charge in [0.2, 0.25) is 0 Å². The maximum absolute atomic E-state index is 12.9. The van der Waals surface area contributed by atoms with Crippen LogP contribution in [0.3, 0.4) is 0 Å². The molecule has 2 rings (SSSR count). The Balaban J connectivity index is 2.04. The number of aromatic nitrogens is 1. The fourth-order valence-corrected chi connectivity index (χ4v) is 2.07. The molecule has 0 aliphatic heterocycles. The van der Waals surface area contributed by atoms with E-state index in [4.69, 9.17) is 0 Å². The Morgan fingerprint density at radius 1 is 1.38 bits per heavy atom. The number of nitrogens with zero attached hydrogens (tertiary/aromatic N) is 2. The van der Waals surface area contributed by atoms with Crippen molar-refractivity contribution in [1.82, 2.24) is 10.3 Å². The molecule has 0 spiro atoms. The molecule has 0 aliphatic carbocycles. The van der Waals surface area contributed by atoms with Gasteiger partial charge in [-0.2, -0.15) is 0 Å². The predicted octanol–water partition coefficient (Wildman–Crippen LogP) is 3.37. The fraction of sp³-hybridized carbons (Fsp3) is 0.267. The number of nitrogens with one attached hydrogen (secondary N) is 1. The summed E-state index contributed by atoms with van der Waals surface area (Å²) in [4.78, 5) is 14.4. The molecule has 2 aromatic rings. The molecule has 1 N–H and O–H groups in total. The first-order valence-electron chi connectivity index (χ1n) is 6.68. The molecule has 110 valence electrons. The van der Waals surface area contributed by atoms with Gasteiger partial charge in [-0.3, -0.25) is 15.1 Å². The zero-order valence-corrected chi connectivity index (χ0v) is 11.6. The lowest BCUT2D eigenvalue weighted by molar-refractivity contribution is -0.384. The molecule has 0 saturated carbocycles. The van der Waals surface area contributed by atoms with Crippen molar-refractivity contribution in [3.8, 4) is 0 Å². The molecule has 0 fully saturated rings. The smallest absolute Gasteiger partial charge is 0.269 e. The Morgan fingerprint density at radius 2 is 2.19 bits per heavy atom. The molecule has 1 unspecified atom stereocenters. The third-order valence-electron chi connectivity index (χ3n) is 3.19. The summed E-state index contributed by atoms with van der Waals surface area (Å²) in [5.41, 5.74) is 1.65. The molecule has 5 nitrogen and oxygen atoms in total. The summed E-state index contributed by atoms with van der Waals surface area (Å²) in [5, 5.41) is 14.0. The van der Waals surface area contributed by atoms with Gasteiger partial charge in [0.05, 0.1) is 16.8 Å². The van der Waals surface area contributed by atoms with Crippen LogP contribution in [-0.2, 0) is 6.54 Å². The highest BCUT2D eigenvalue weighted by Gasteiger charge is 2.11. The lowest BCUT2D eigenvalue weighted by atomic mass is 10.1. The van der Waals surface area contributed by atoms with Gasteiger partial charge in [-0.1, -0.05) is 19.1 Å². The van der Waals surface area contributed by atoms with E-state index in [1.807, 2.05) is 13.0 Å². The third-order valence-corrected chi connectivity index (χ3v) is 3.19. The molecule has 21 heavy (non-hydrogen) atoms. The highest BCUT2D eigenvalue weighted by atomic mass is 19.1. The van der Waals surface area contributed by atoms with Crippen molar-refractivity contribution >= 4 is 5.69 Å². The van der Waals surface area contributed by atoms with Gasteiger partial charge >= 0.3 is 0 Å². The van der Waals surface area contributed by atoms with Crippen LogP contribution in [0.4, 0.5) is 10.1 Å². The van der Waals surface area contributed by atoms with Gasteiger partial charge in [-0.25, -0.2) is 4.39 Å². The van der Waals surface area contributed by atoms with E-state index in [0.29, 0.717) is 6.54 Å². The number of hydrogen-bond donors (Lipinski definition) is 1. The van der Waals surface area contributed by atoms with Crippen molar-refractivity contribution in [3.05, 3.63) is 69.8 Å². The minimum atomic E-state index is -0.414. The number of rotatable bonds is 6.